The van der Waals surface area contributed by atoms with E-state index in [9.17, 15) is 19.1 Å². The van der Waals surface area contributed by atoms with Gasteiger partial charge in [0.15, 0.2) is 6.61 Å². The Balaban J connectivity index is 1.19. The second-order valence-corrected chi connectivity index (χ2v) is 13.6. The number of amides is 2. The van der Waals surface area contributed by atoms with Gasteiger partial charge in [0.1, 0.15) is 16.8 Å². The normalized spacial score (nSPS) is 34.1. The molecule has 1 aromatic carbocycles. The van der Waals surface area contributed by atoms with Crippen molar-refractivity contribution in [3.05, 3.63) is 29.0 Å². The van der Waals surface area contributed by atoms with Crippen LogP contribution in [0.15, 0.2) is 18.2 Å². The van der Waals surface area contributed by atoms with Crippen LogP contribution in [0.5, 0.6) is 5.75 Å². The molecule has 1 aliphatic heterocycles. The number of benzene rings is 1. The maximum absolute atomic E-state index is 13.9. The van der Waals surface area contributed by atoms with Gasteiger partial charge < -0.3 is 20.5 Å². The molecule has 4 saturated carbocycles. The highest BCUT2D eigenvalue weighted by molar-refractivity contribution is 7.99. The number of halogens is 2. The molecule has 4 aliphatic carbocycles. The minimum absolute atomic E-state index is 0.0126. The van der Waals surface area contributed by atoms with Crippen molar-refractivity contribution in [1.29, 1.82) is 0 Å². The predicted molar refractivity (Wildman–Crippen MR) is 151 cm³/mol. The van der Waals surface area contributed by atoms with Crippen LogP contribution >= 0.6 is 23.5 Å². The van der Waals surface area contributed by atoms with Gasteiger partial charge in [0.25, 0.3) is 5.91 Å². The molecule has 0 aromatic heterocycles. The van der Waals surface area contributed by atoms with Crippen molar-refractivity contribution in [3.63, 3.8) is 0 Å². The van der Waals surface area contributed by atoms with E-state index >= 15 is 0 Å². The molecule has 6 rings (SSSR count). The molecule has 5 fully saturated rings. The SMILES string of the molecule is CC1NSC(C(=O)NC23CCC(NC(=O)COc4ccc(Cl)c(F)c4)(CC2)[C@@H](O)C3)C12CCCCCCCC2. The lowest BCUT2D eigenvalue weighted by Crippen LogP contribution is -2.71. The van der Waals surface area contributed by atoms with Crippen molar-refractivity contribution in [2.24, 2.45) is 5.41 Å². The van der Waals surface area contributed by atoms with E-state index in [1.165, 1.54) is 50.7 Å². The van der Waals surface area contributed by atoms with Gasteiger partial charge in [-0.1, -0.05) is 62.1 Å². The lowest BCUT2D eigenvalue weighted by atomic mass is 9.59. The number of aliphatic hydroxyl groups excluding tert-OH is 1. The molecular weight excluding hydrogens is 541 g/mol. The quantitative estimate of drug-likeness (QED) is 0.352. The highest BCUT2D eigenvalue weighted by atomic mass is 35.5. The Hall–Kier alpha value is -1.55. The summed E-state index contributed by atoms with van der Waals surface area (Å²) in [5.74, 6) is -0.679. The fourth-order valence-electron chi connectivity index (χ4n) is 7.40. The topological polar surface area (TPSA) is 99.7 Å². The first kappa shape index (κ1) is 29.0. The molecule has 39 heavy (non-hydrogen) atoms. The second-order valence-electron chi connectivity index (χ2n) is 12.3. The molecule has 216 valence electrons. The number of carbonyl (C=O) groups excluding carboxylic acids is 2. The van der Waals surface area contributed by atoms with E-state index in [4.69, 9.17) is 16.3 Å². The minimum Gasteiger partial charge on any atom is -0.484 e. The summed E-state index contributed by atoms with van der Waals surface area (Å²) < 4.78 is 22.7. The van der Waals surface area contributed by atoms with Crippen molar-refractivity contribution in [3.8, 4) is 5.75 Å². The summed E-state index contributed by atoms with van der Waals surface area (Å²) in [5.41, 5.74) is -1.23. The Labute approximate surface area is 239 Å². The van der Waals surface area contributed by atoms with Crippen LogP contribution in [-0.4, -0.2) is 52.0 Å². The van der Waals surface area contributed by atoms with E-state index < -0.39 is 23.0 Å². The van der Waals surface area contributed by atoms with Gasteiger partial charge in [-0.05, 0) is 64.0 Å². The number of fused-ring (bicyclic) bond motifs is 3. The molecule has 2 amide bonds. The third kappa shape index (κ3) is 5.92. The standard InChI is InChI=1S/C29H41ClFN3O4S/c1-19-28(10-6-4-2-3-5-7-11-28)25(39-34-19)26(37)33-27-12-14-29(15-13-27,23(35)17-27)32-24(36)18-38-20-8-9-21(30)22(31)16-20/h8-9,16,19,23,25,34-35H,2-7,10-15,17-18H2,1H3,(H,32,36)(H,33,37)/t19?,23-,25?,27?,29?/m0/s1. The van der Waals surface area contributed by atoms with Crippen molar-refractivity contribution in [2.75, 3.05) is 6.61 Å². The van der Waals surface area contributed by atoms with Crippen molar-refractivity contribution < 1.29 is 23.8 Å². The molecule has 7 nitrogen and oxygen atoms in total. The van der Waals surface area contributed by atoms with E-state index in [0.717, 1.165) is 18.9 Å². The van der Waals surface area contributed by atoms with Crippen LogP contribution in [-0.2, 0) is 9.59 Å². The molecule has 1 spiro atoms. The summed E-state index contributed by atoms with van der Waals surface area (Å²) in [5, 5.41) is 17.5. The zero-order chi connectivity index (χ0) is 27.7. The molecule has 10 heteroatoms. The summed E-state index contributed by atoms with van der Waals surface area (Å²) in [6.45, 7) is 1.94. The van der Waals surface area contributed by atoms with Crippen LogP contribution in [0.2, 0.25) is 5.02 Å². The molecule has 3 atom stereocenters. The molecule has 1 saturated heterocycles. The monoisotopic (exact) mass is 581 g/mol. The fourth-order valence-corrected chi connectivity index (χ4v) is 8.93. The third-order valence-corrected chi connectivity index (χ3v) is 11.6. The number of ether oxygens (including phenoxy) is 1. The van der Waals surface area contributed by atoms with Crippen molar-refractivity contribution in [2.45, 2.75) is 119 Å². The lowest BCUT2D eigenvalue weighted by Gasteiger charge is -2.56. The summed E-state index contributed by atoms with van der Waals surface area (Å²) in [4.78, 5) is 26.6. The number of nitrogens with one attached hydrogen (secondary N) is 3. The number of hydrogen-bond acceptors (Lipinski definition) is 6. The Bertz CT molecular complexity index is 1060. The average Bonchev–Trinajstić information content (AvgIpc) is 3.29. The van der Waals surface area contributed by atoms with Crippen LogP contribution < -0.4 is 20.1 Å². The lowest BCUT2D eigenvalue weighted by molar-refractivity contribution is -0.137. The van der Waals surface area contributed by atoms with Crippen LogP contribution in [0.4, 0.5) is 4.39 Å². The van der Waals surface area contributed by atoms with E-state index in [1.807, 2.05) is 0 Å². The maximum atomic E-state index is 13.9. The van der Waals surface area contributed by atoms with Gasteiger partial charge in [0, 0.05) is 23.1 Å². The van der Waals surface area contributed by atoms with Crippen LogP contribution in [0, 0.1) is 11.2 Å². The molecule has 1 aromatic rings. The number of hydrogen-bond donors (Lipinski definition) is 4. The van der Waals surface area contributed by atoms with Gasteiger partial charge in [-0.25, -0.2) is 4.39 Å². The van der Waals surface area contributed by atoms with Gasteiger partial charge in [-0.15, -0.1) is 0 Å². The van der Waals surface area contributed by atoms with Crippen LogP contribution in [0.1, 0.15) is 90.4 Å². The van der Waals surface area contributed by atoms with Crippen molar-refractivity contribution >= 4 is 35.4 Å². The Morgan fingerprint density at radius 2 is 1.74 bits per heavy atom. The predicted octanol–water partition coefficient (Wildman–Crippen LogP) is 5.04. The molecule has 1 heterocycles. The largest absolute Gasteiger partial charge is 0.484 e. The number of rotatable bonds is 6. The Kier molecular flexibility index (Phi) is 8.72. The molecule has 5 aliphatic rings. The molecule has 4 N–H and O–H groups in total. The molecule has 2 unspecified atom stereocenters. The second kappa shape index (κ2) is 11.7. The Morgan fingerprint density at radius 3 is 2.38 bits per heavy atom. The van der Waals surface area contributed by atoms with Gasteiger partial charge in [0.2, 0.25) is 5.91 Å². The first-order chi connectivity index (χ1) is 18.7. The summed E-state index contributed by atoms with van der Waals surface area (Å²) in [7, 11) is 0. The van der Waals surface area contributed by atoms with Crippen LogP contribution in [0.25, 0.3) is 0 Å². The third-order valence-electron chi connectivity index (χ3n) is 9.88. The van der Waals surface area contributed by atoms with E-state index in [1.54, 1.807) is 11.9 Å². The average molecular weight is 582 g/mol. The fraction of sp³-hybridized carbons (Fsp3) is 0.724. The highest BCUT2D eigenvalue weighted by Crippen LogP contribution is 2.51. The smallest absolute Gasteiger partial charge is 0.258 e. The first-order valence-electron chi connectivity index (χ1n) is 14.5. The van der Waals surface area contributed by atoms with Crippen molar-refractivity contribution in [1.82, 2.24) is 15.4 Å². The van der Waals surface area contributed by atoms with Crippen LogP contribution in [0.3, 0.4) is 0 Å². The first-order valence-corrected chi connectivity index (χ1v) is 15.7. The minimum atomic E-state index is -0.774. The van der Waals surface area contributed by atoms with Gasteiger partial charge >= 0.3 is 0 Å². The zero-order valence-corrected chi connectivity index (χ0v) is 24.3. The summed E-state index contributed by atoms with van der Waals surface area (Å²) in [6.07, 6.45) is 11.7. The van der Waals surface area contributed by atoms with E-state index in [2.05, 4.69) is 22.3 Å². The van der Waals surface area contributed by atoms with E-state index in [-0.39, 0.29) is 45.9 Å². The number of carbonyl (C=O) groups is 2. The molecule has 2 bridgehead atoms. The molecule has 0 radical (unpaired) electrons. The highest BCUT2D eigenvalue weighted by Gasteiger charge is 2.57. The maximum Gasteiger partial charge on any atom is 0.258 e. The van der Waals surface area contributed by atoms with Gasteiger partial charge in [-0.2, -0.15) is 0 Å². The summed E-state index contributed by atoms with van der Waals surface area (Å²) >= 11 is 7.29. The number of aliphatic hydroxyl groups is 1. The van der Waals surface area contributed by atoms with Gasteiger partial charge in [-0.3, -0.25) is 14.3 Å². The summed E-state index contributed by atoms with van der Waals surface area (Å²) in [6, 6.07) is 4.31. The van der Waals surface area contributed by atoms with E-state index in [0.29, 0.717) is 32.1 Å². The van der Waals surface area contributed by atoms with Gasteiger partial charge in [0.05, 0.1) is 16.7 Å². The zero-order valence-electron chi connectivity index (χ0n) is 22.7. The Morgan fingerprint density at radius 1 is 1.08 bits per heavy atom. The molecular formula is C29H41ClFN3O4S.